The molecule has 0 saturated carbocycles. The lowest BCUT2D eigenvalue weighted by molar-refractivity contribution is 0.296. The molecule has 1 aliphatic carbocycles. The van der Waals surface area contributed by atoms with Gasteiger partial charge >= 0.3 is 0 Å². The van der Waals surface area contributed by atoms with E-state index in [0.29, 0.717) is 0 Å². The number of aromatic nitrogens is 2. The van der Waals surface area contributed by atoms with Gasteiger partial charge in [0.15, 0.2) is 0 Å². The third-order valence-electron chi connectivity index (χ3n) is 4.54. The lowest BCUT2D eigenvalue weighted by Crippen LogP contribution is -2.30. The third-order valence-corrected chi connectivity index (χ3v) is 4.54. The topological polar surface area (TPSA) is 41.1 Å². The molecule has 2 aliphatic rings. The average molecular weight is 274 g/mol. The van der Waals surface area contributed by atoms with E-state index in [1.54, 1.807) is 6.33 Å². The number of rotatable bonds is 4. The minimum absolute atomic E-state index is 1.00. The molecule has 3 rings (SSSR count). The minimum Gasteiger partial charge on any atom is -0.368 e. The largest absolute Gasteiger partial charge is 0.368 e. The van der Waals surface area contributed by atoms with Crippen LogP contribution in [0.4, 0.5) is 5.82 Å². The zero-order valence-corrected chi connectivity index (χ0v) is 12.4. The molecular formula is C16H26N4. The Morgan fingerprint density at radius 1 is 0.950 bits per heavy atom. The van der Waals surface area contributed by atoms with Crippen LogP contribution in [0.25, 0.3) is 0 Å². The van der Waals surface area contributed by atoms with Gasteiger partial charge in [-0.1, -0.05) is 12.8 Å². The van der Waals surface area contributed by atoms with E-state index in [2.05, 4.69) is 20.2 Å². The lowest BCUT2D eigenvalue weighted by atomic mass is 9.96. The smallest absolute Gasteiger partial charge is 0.132 e. The first-order valence-corrected chi connectivity index (χ1v) is 8.22. The first-order chi connectivity index (χ1) is 9.93. The van der Waals surface area contributed by atoms with Crippen molar-refractivity contribution in [2.24, 2.45) is 0 Å². The summed E-state index contributed by atoms with van der Waals surface area (Å²) in [6.07, 6.45) is 12.1. The molecule has 1 aromatic rings. The van der Waals surface area contributed by atoms with Crippen molar-refractivity contribution >= 4 is 5.82 Å². The second kappa shape index (κ2) is 7.02. The molecule has 4 heteroatoms. The molecule has 1 N–H and O–H groups in total. The molecule has 110 valence electrons. The summed E-state index contributed by atoms with van der Waals surface area (Å²) in [6, 6.07) is 0. The Kier molecular flexibility index (Phi) is 4.85. The van der Waals surface area contributed by atoms with Crippen molar-refractivity contribution in [1.29, 1.82) is 0 Å². The molecular weight excluding hydrogens is 248 g/mol. The monoisotopic (exact) mass is 274 g/mol. The summed E-state index contributed by atoms with van der Waals surface area (Å²) in [5.41, 5.74) is 2.64. The number of aryl methyl sites for hydroxylation is 1. The molecule has 0 aromatic carbocycles. The van der Waals surface area contributed by atoms with Crippen LogP contribution in [-0.4, -0.2) is 41.0 Å². The fourth-order valence-electron chi connectivity index (χ4n) is 3.37. The number of nitrogens with zero attached hydrogens (tertiary/aromatic N) is 3. The molecule has 2 heterocycles. The molecule has 0 atom stereocenters. The molecule has 1 aliphatic heterocycles. The van der Waals surface area contributed by atoms with Crippen molar-refractivity contribution in [3.63, 3.8) is 0 Å². The summed E-state index contributed by atoms with van der Waals surface area (Å²) in [5, 5.41) is 3.55. The molecule has 4 nitrogen and oxygen atoms in total. The Morgan fingerprint density at radius 3 is 2.60 bits per heavy atom. The van der Waals surface area contributed by atoms with E-state index in [9.17, 15) is 0 Å². The minimum atomic E-state index is 1.00. The van der Waals surface area contributed by atoms with Crippen molar-refractivity contribution in [3.8, 4) is 0 Å². The SMILES string of the molecule is c1nc2c(c(NCCN3CCCCCC3)n1)CCCC2. The van der Waals surface area contributed by atoms with Gasteiger partial charge in [-0.15, -0.1) is 0 Å². The van der Waals surface area contributed by atoms with E-state index < -0.39 is 0 Å². The highest BCUT2D eigenvalue weighted by Gasteiger charge is 2.15. The van der Waals surface area contributed by atoms with Gasteiger partial charge in [0, 0.05) is 24.3 Å². The number of hydrogen-bond acceptors (Lipinski definition) is 4. The van der Waals surface area contributed by atoms with E-state index >= 15 is 0 Å². The third kappa shape index (κ3) is 3.48. The van der Waals surface area contributed by atoms with Crippen LogP contribution in [0.1, 0.15) is 49.8 Å². The molecule has 20 heavy (non-hydrogen) atoms. The number of hydrogen-bond donors (Lipinski definition) is 1. The highest BCUT2D eigenvalue weighted by atomic mass is 15.1. The van der Waals surface area contributed by atoms with E-state index in [1.807, 2.05) is 0 Å². The average Bonchev–Trinajstić information content (AvgIpc) is 2.76. The van der Waals surface area contributed by atoms with Crippen LogP contribution in [0.5, 0.6) is 0 Å². The number of anilines is 1. The maximum atomic E-state index is 4.45. The van der Waals surface area contributed by atoms with Gasteiger partial charge in [-0.25, -0.2) is 9.97 Å². The zero-order chi connectivity index (χ0) is 13.6. The van der Waals surface area contributed by atoms with Crippen LogP contribution in [0.15, 0.2) is 6.33 Å². The molecule has 0 spiro atoms. The van der Waals surface area contributed by atoms with Crippen molar-refractivity contribution < 1.29 is 0 Å². The summed E-state index contributed by atoms with van der Waals surface area (Å²) in [4.78, 5) is 11.5. The van der Waals surface area contributed by atoms with Gasteiger partial charge in [0.1, 0.15) is 12.1 Å². The zero-order valence-electron chi connectivity index (χ0n) is 12.4. The lowest BCUT2D eigenvalue weighted by Gasteiger charge is -2.21. The van der Waals surface area contributed by atoms with Crippen LogP contribution in [0.3, 0.4) is 0 Å². The Labute approximate surface area is 122 Å². The fourth-order valence-corrected chi connectivity index (χ4v) is 3.37. The second-order valence-electron chi connectivity index (χ2n) is 6.04. The molecule has 1 aromatic heterocycles. The molecule has 1 saturated heterocycles. The molecule has 0 radical (unpaired) electrons. The Bertz CT molecular complexity index is 424. The highest BCUT2D eigenvalue weighted by molar-refractivity contribution is 5.46. The molecule has 0 unspecified atom stereocenters. The summed E-state index contributed by atoms with van der Waals surface area (Å²) in [5.74, 6) is 1.09. The van der Waals surface area contributed by atoms with E-state index in [0.717, 1.165) is 31.7 Å². The Hall–Kier alpha value is -1.16. The van der Waals surface area contributed by atoms with E-state index in [-0.39, 0.29) is 0 Å². The van der Waals surface area contributed by atoms with Gasteiger partial charge in [-0.05, 0) is 51.6 Å². The van der Waals surface area contributed by atoms with Gasteiger partial charge in [0.2, 0.25) is 0 Å². The van der Waals surface area contributed by atoms with Gasteiger partial charge in [-0.2, -0.15) is 0 Å². The summed E-state index contributed by atoms with van der Waals surface area (Å²) >= 11 is 0. The van der Waals surface area contributed by atoms with Crippen LogP contribution in [-0.2, 0) is 12.8 Å². The van der Waals surface area contributed by atoms with Crippen LogP contribution in [0.2, 0.25) is 0 Å². The van der Waals surface area contributed by atoms with Crippen LogP contribution < -0.4 is 5.32 Å². The first-order valence-electron chi connectivity index (χ1n) is 8.22. The maximum absolute atomic E-state index is 4.45. The molecule has 0 amide bonds. The maximum Gasteiger partial charge on any atom is 0.132 e. The van der Waals surface area contributed by atoms with Gasteiger partial charge < -0.3 is 10.2 Å². The quantitative estimate of drug-likeness (QED) is 0.916. The molecule has 1 fully saturated rings. The summed E-state index contributed by atoms with van der Waals surface area (Å²) in [7, 11) is 0. The van der Waals surface area contributed by atoms with E-state index in [1.165, 1.54) is 62.9 Å². The summed E-state index contributed by atoms with van der Waals surface area (Å²) in [6.45, 7) is 4.68. The van der Waals surface area contributed by atoms with Crippen molar-refractivity contribution in [3.05, 3.63) is 17.6 Å². The normalized spacial score (nSPS) is 20.2. The van der Waals surface area contributed by atoms with Gasteiger partial charge in [0.05, 0.1) is 0 Å². The summed E-state index contributed by atoms with van der Waals surface area (Å²) < 4.78 is 0. The Morgan fingerprint density at radius 2 is 1.75 bits per heavy atom. The number of nitrogens with one attached hydrogen (secondary N) is 1. The van der Waals surface area contributed by atoms with Crippen LogP contribution in [0, 0.1) is 0 Å². The highest BCUT2D eigenvalue weighted by Crippen LogP contribution is 2.24. The second-order valence-corrected chi connectivity index (χ2v) is 6.04. The number of fused-ring (bicyclic) bond motifs is 1. The molecule has 0 bridgehead atoms. The first kappa shape index (κ1) is 13.8. The predicted octanol–water partition coefficient (Wildman–Crippen LogP) is 2.64. The fraction of sp³-hybridized carbons (Fsp3) is 0.750. The standard InChI is InChI=1S/C16H26N4/c1-2-6-11-20(10-5-1)12-9-17-16-14-7-3-4-8-15(14)18-13-19-16/h13H,1-12H2,(H,17,18,19). The predicted molar refractivity (Wildman–Crippen MR) is 82.1 cm³/mol. The van der Waals surface area contributed by atoms with Crippen molar-refractivity contribution in [2.45, 2.75) is 51.4 Å². The van der Waals surface area contributed by atoms with Crippen molar-refractivity contribution in [2.75, 3.05) is 31.5 Å². The Balaban J connectivity index is 1.53. The van der Waals surface area contributed by atoms with Crippen LogP contribution >= 0.6 is 0 Å². The van der Waals surface area contributed by atoms with E-state index in [4.69, 9.17) is 0 Å². The van der Waals surface area contributed by atoms with Crippen molar-refractivity contribution in [1.82, 2.24) is 14.9 Å². The number of likely N-dealkylation sites (tertiary alicyclic amines) is 1. The van der Waals surface area contributed by atoms with Gasteiger partial charge in [0.25, 0.3) is 0 Å². The van der Waals surface area contributed by atoms with Gasteiger partial charge in [-0.3, -0.25) is 0 Å².